The van der Waals surface area contributed by atoms with Crippen molar-refractivity contribution >= 4 is 5.91 Å². The van der Waals surface area contributed by atoms with Crippen LogP contribution in [0.1, 0.15) is 63.6 Å². The molecular formula is C18H28N2O. The summed E-state index contributed by atoms with van der Waals surface area (Å²) in [5.74, 6) is 0.196. The molecule has 0 aromatic heterocycles. The highest BCUT2D eigenvalue weighted by Gasteiger charge is 2.20. The number of benzene rings is 1. The first-order valence-electron chi connectivity index (χ1n) is 8.02. The minimum atomic E-state index is -0.201. The molecule has 1 aromatic rings. The van der Waals surface area contributed by atoms with E-state index in [1.54, 1.807) is 0 Å². The molecule has 3 heteroatoms. The second kappa shape index (κ2) is 6.61. The number of nitrogens with zero attached hydrogens (tertiary/aromatic N) is 1. The zero-order valence-electron chi connectivity index (χ0n) is 13.6. The molecule has 1 heterocycles. The lowest BCUT2D eigenvalue weighted by Crippen LogP contribution is -2.37. The maximum Gasteiger partial charge on any atom is 0.224 e. The van der Waals surface area contributed by atoms with Crippen LogP contribution in [0.25, 0.3) is 0 Å². The average Bonchev–Trinajstić information content (AvgIpc) is 2.47. The van der Waals surface area contributed by atoms with E-state index in [-0.39, 0.29) is 17.4 Å². The van der Waals surface area contributed by atoms with Crippen molar-refractivity contribution in [3.05, 3.63) is 35.4 Å². The number of carbonyl (C=O) groups is 1. The van der Waals surface area contributed by atoms with Gasteiger partial charge in [-0.05, 0) is 35.8 Å². The summed E-state index contributed by atoms with van der Waals surface area (Å²) in [6.07, 6.45) is 3.90. The normalized spacial score (nSPS) is 17.6. The van der Waals surface area contributed by atoms with E-state index in [0.29, 0.717) is 6.42 Å². The third-order valence-electron chi connectivity index (χ3n) is 4.31. The van der Waals surface area contributed by atoms with Gasteiger partial charge in [0.25, 0.3) is 0 Å². The Morgan fingerprint density at radius 1 is 1.14 bits per heavy atom. The molecule has 0 saturated carbocycles. The number of amides is 1. The third kappa shape index (κ3) is 4.31. The maximum atomic E-state index is 12.3. The van der Waals surface area contributed by atoms with Crippen molar-refractivity contribution in [2.24, 2.45) is 5.73 Å². The van der Waals surface area contributed by atoms with Gasteiger partial charge in [-0.15, -0.1) is 0 Å². The van der Waals surface area contributed by atoms with Crippen LogP contribution in [-0.4, -0.2) is 23.9 Å². The number of carbonyl (C=O) groups excluding carboxylic acids is 1. The quantitative estimate of drug-likeness (QED) is 0.926. The van der Waals surface area contributed by atoms with E-state index >= 15 is 0 Å². The minimum absolute atomic E-state index is 0.145. The Balaban J connectivity index is 1.96. The van der Waals surface area contributed by atoms with Gasteiger partial charge < -0.3 is 10.6 Å². The molecule has 2 rings (SSSR count). The highest BCUT2D eigenvalue weighted by atomic mass is 16.2. The Bertz CT molecular complexity index is 467. The fraction of sp³-hybridized carbons (Fsp3) is 0.611. The van der Waals surface area contributed by atoms with Crippen LogP contribution in [0.4, 0.5) is 0 Å². The van der Waals surface area contributed by atoms with Gasteiger partial charge in [0.05, 0.1) is 0 Å². The van der Waals surface area contributed by atoms with Crippen LogP contribution >= 0.6 is 0 Å². The van der Waals surface area contributed by atoms with Crippen molar-refractivity contribution in [1.29, 1.82) is 0 Å². The molecule has 1 unspecified atom stereocenters. The summed E-state index contributed by atoms with van der Waals surface area (Å²) in [7, 11) is 0. The van der Waals surface area contributed by atoms with E-state index in [9.17, 15) is 4.79 Å². The topological polar surface area (TPSA) is 46.3 Å². The van der Waals surface area contributed by atoms with E-state index in [1.165, 1.54) is 12.0 Å². The van der Waals surface area contributed by atoms with Crippen molar-refractivity contribution < 1.29 is 4.79 Å². The molecule has 0 spiro atoms. The van der Waals surface area contributed by atoms with Crippen LogP contribution < -0.4 is 5.73 Å². The number of likely N-dealkylation sites (tertiary alicyclic amines) is 1. The van der Waals surface area contributed by atoms with Crippen molar-refractivity contribution in [3.63, 3.8) is 0 Å². The molecular weight excluding hydrogens is 260 g/mol. The van der Waals surface area contributed by atoms with Crippen LogP contribution in [0.15, 0.2) is 24.3 Å². The van der Waals surface area contributed by atoms with Gasteiger partial charge in [0, 0.05) is 25.6 Å². The first-order chi connectivity index (χ1) is 9.88. The molecule has 2 N–H and O–H groups in total. The fourth-order valence-corrected chi connectivity index (χ4v) is 2.81. The van der Waals surface area contributed by atoms with Crippen molar-refractivity contribution in [3.8, 4) is 0 Å². The highest BCUT2D eigenvalue weighted by Crippen LogP contribution is 2.24. The van der Waals surface area contributed by atoms with Gasteiger partial charge in [0.1, 0.15) is 0 Å². The standard InChI is InChI=1S/C18H28N2O/c1-18(2,3)15-9-7-14(8-10-15)16(19)13-17(21)20-11-5-4-6-12-20/h7-10,16H,4-6,11-13,19H2,1-3H3. The Morgan fingerprint density at radius 2 is 1.71 bits per heavy atom. The van der Waals surface area contributed by atoms with Gasteiger partial charge in [-0.1, -0.05) is 45.0 Å². The van der Waals surface area contributed by atoms with Crippen molar-refractivity contribution in [2.75, 3.05) is 13.1 Å². The molecule has 1 aromatic carbocycles. The highest BCUT2D eigenvalue weighted by molar-refractivity contribution is 5.77. The van der Waals surface area contributed by atoms with Gasteiger partial charge in [0.15, 0.2) is 0 Å². The van der Waals surface area contributed by atoms with Crippen LogP contribution in [0.2, 0.25) is 0 Å². The summed E-state index contributed by atoms with van der Waals surface area (Å²) in [6.45, 7) is 8.38. The molecule has 1 fully saturated rings. The SMILES string of the molecule is CC(C)(C)c1ccc(C(N)CC(=O)N2CCCCC2)cc1. The molecule has 21 heavy (non-hydrogen) atoms. The van der Waals surface area contributed by atoms with E-state index < -0.39 is 0 Å². The van der Waals surface area contributed by atoms with Gasteiger partial charge in [-0.3, -0.25) is 4.79 Å². The lowest BCUT2D eigenvalue weighted by atomic mass is 9.86. The zero-order chi connectivity index (χ0) is 15.5. The molecule has 116 valence electrons. The summed E-state index contributed by atoms with van der Waals surface area (Å²) in [5.41, 5.74) is 8.70. The van der Waals surface area contributed by atoms with Crippen LogP contribution in [0, 0.1) is 0 Å². The second-order valence-electron chi connectivity index (χ2n) is 7.12. The van der Waals surface area contributed by atoms with E-state index in [0.717, 1.165) is 31.5 Å². The Kier molecular flexibility index (Phi) is 5.04. The van der Waals surface area contributed by atoms with Gasteiger partial charge in [0.2, 0.25) is 5.91 Å². The van der Waals surface area contributed by atoms with Crippen molar-refractivity contribution in [2.45, 2.75) is 57.9 Å². The van der Waals surface area contributed by atoms with E-state index in [2.05, 4.69) is 45.0 Å². The van der Waals surface area contributed by atoms with Gasteiger partial charge in [-0.2, -0.15) is 0 Å². The summed E-state index contributed by atoms with van der Waals surface area (Å²) < 4.78 is 0. The number of piperidine rings is 1. The van der Waals surface area contributed by atoms with E-state index in [4.69, 9.17) is 5.73 Å². The maximum absolute atomic E-state index is 12.3. The number of nitrogens with two attached hydrogens (primary N) is 1. The minimum Gasteiger partial charge on any atom is -0.343 e. The molecule has 1 atom stereocenters. The van der Waals surface area contributed by atoms with Gasteiger partial charge >= 0.3 is 0 Å². The molecule has 1 aliphatic rings. The number of hydrogen-bond donors (Lipinski definition) is 1. The predicted octanol–water partition coefficient (Wildman–Crippen LogP) is 3.39. The van der Waals surface area contributed by atoms with Crippen LogP contribution in [0.5, 0.6) is 0 Å². The average molecular weight is 288 g/mol. The first kappa shape index (κ1) is 16.0. The summed E-state index contributed by atoms with van der Waals surface area (Å²) in [5, 5.41) is 0. The predicted molar refractivity (Wildman–Crippen MR) is 87.1 cm³/mol. The molecule has 3 nitrogen and oxygen atoms in total. The van der Waals surface area contributed by atoms with Gasteiger partial charge in [-0.25, -0.2) is 0 Å². The number of rotatable bonds is 3. The first-order valence-corrected chi connectivity index (χ1v) is 8.02. The summed E-state index contributed by atoms with van der Waals surface area (Å²) in [4.78, 5) is 14.2. The smallest absolute Gasteiger partial charge is 0.224 e. The molecule has 0 radical (unpaired) electrons. The monoisotopic (exact) mass is 288 g/mol. The Hall–Kier alpha value is -1.35. The lowest BCUT2D eigenvalue weighted by Gasteiger charge is -2.28. The van der Waals surface area contributed by atoms with Crippen LogP contribution in [0.3, 0.4) is 0 Å². The summed E-state index contributed by atoms with van der Waals surface area (Å²) in [6, 6.07) is 8.18. The fourth-order valence-electron chi connectivity index (χ4n) is 2.81. The summed E-state index contributed by atoms with van der Waals surface area (Å²) >= 11 is 0. The zero-order valence-corrected chi connectivity index (χ0v) is 13.6. The molecule has 1 aliphatic heterocycles. The molecule has 1 saturated heterocycles. The Labute approximate surface area is 128 Å². The molecule has 0 aliphatic carbocycles. The van der Waals surface area contributed by atoms with E-state index in [1.807, 2.05) is 4.90 Å². The van der Waals surface area contributed by atoms with Crippen LogP contribution in [-0.2, 0) is 10.2 Å². The second-order valence-corrected chi connectivity index (χ2v) is 7.12. The third-order valence-corrected chi connectivity index (χ3v) is 4.31. The molecule has 1 amide bonds. The lowest BCUT2D eigenvalue weighted by molar-refractivity contribution is -0.132. The largest absolute Gasteiger partial charge is 0.343 e. The number of hydrogen-bond acceptors (Lipinski definition) is 2. The molecule has 0 bridgehead atoms. The Morgan fingerprint density at radius 3 is 2.24 bits per heavy atom. The van der Waals surface area contributed by atoms with Crippen molar-refractivity contribution in [1.82, 2.24) is 4.90 Å².